The summed E-state index contributed by atoms with van der Waals surface area (Å²) in [4.78, 5) is 24.7. The van der Waals surface area contributed by atoms with E-state index in [2.05, 4.69) is 20.8 Å². The van der Waals surface area contributed by atoms with Crippen LogP contribution in [-0.2, 0) is 11.4 Å². The van der Waals surface area contributed by atoms with Gasteiger partial charge in [-0.15, -0.1) is 10.2 Å². The van der Waals surface area contributed by atoms with Gasteiger partial charge >= 0.3 is 0 Å². The van der Waals surface area contributed by atoms with Crippen molar-refractivity contribution in [1.29, 1.82) is 0 Å². The Hall–Kier alpha value is -4.46. The van der Waals surface area contributed by atoms with Crippen LogP contribution < -0.4 is 15.4 Å². The minimum atomic E-state index is -0.705. The van der Waals surface area contributed by atoms with Crippen molar-refractivity contribution in [3.05, 3.63) is 95.9 Å². The van der Waals surface area contributed by atoms with Gasteiger partial charge in [-0.05, 0) is 61.9 Å². The van der Waals surface area contributed by atoms with Crippen LogP contribution in [0.4, 0.5) is 5.69 Å². The van der Waals surface area contributed by atoms with E-state index in [1.54, 1.807) is 55.5 Å². The van der Waals surface area contributed by atoms with Crippen molar-refractivity contribution < 1.29 is 18.7 Å². The van der Waals surface area contributed by atoms with E-state index in [1.165, 1.54) is 0 Å². The first kappa shape index (κ1) is 22.7. The summed E-state index contributed by atoms with van der Waals surface area (Å²) in [5, 5.41) is 13.6. The molecular weight excluding hydrogens is 432 g/mol. The van der Waals surface area contributed by atoms with Gasteiger partial charge in [-0.2, -0.15) is 0 Å². The monoisotopic (exact) mass is 456 g/mol. The van der Waals surface area contributed by atoms with Crippen LogP contribution in [0.3, 0.4) is 0 Å². The Kier molecular flexibility index (Phi) is 6.98. The standard InChI is InChI=1S/C26H24N4O4/c1-17-8-6-7-11-22(17)26-30-29-23(34-26)16-33-21-14-12-20(13-15-21)28-24(31)18(2)27-25(32)19-9-4-3-5-10-19/h3-15,18H,16H2,1-2H3,(H,27,32)(H,28,31)/t18-/m0/s1. The predicted octanol–water partition coefficient (Wildman–Crippen LogP) is 4.38. The molecule has 8 nitrogen and oxygen atoms in total. The molecule has 0 aliphatic rings. The number of aromatic nitrogens is 2. The highest BCUT2D eigenvalue weighted by Gasteiger charge is 2.17. The minimum absolute atomic E-state index is 0.118. The van der Waals surface area contributed by atoms with E-state index < -0.39 is 6.04 Å². The van der Waals surface area contributed by atoms with E-state index in [0.717, 1.165) is 11.1 Å². The highest BCUT2D eigenvalue weighted by Crippen LogP contribution is 2.22. The topological polar surface area (TPSA) is 106 Å². The number of benzene rings is 3. The van der Waals surface area contributed by atoms with Gasteiger partial charge in [0.1, 0.15) is 11.8 Å². The smallest absolute Gasteiger partial charge is 0.254 e. The van der Waals surface area contributed by atoms with E-state index in [1.807, 2.05) is 37.3 Å². The van der Waals surface area contributed by atoms with Crippen molar-refractivity contribution >= 4 is 17.5 Å². The van der Waals surface area contributed by atoms with E-state index in [-0.39, 0.29) is 18.4 Å². The van der Waals surface area contributed by atoms with Crippen molar-refractivity contribution in [3.8, 4) is 17.2 Å². The Morgan fingerprint density at radius 1 is 0.941 bits per heavy atom. The molecule has 1 atom stereocenters. The van der Waals surface area contributed by atoms with Crippen LogP contribution in [0.25, 0.3) is 11.5 Å². The molecular formula is C26H24N4O4. The van der Waals surface area contributed by atoms with Crippen molar-refractivity contribution in [3.63, 3.8) is 0 Å². The Balaban J connectivity index is 1.28. The van der Waals surface area contributed by atoms with Gasteiger partial charge in [0.05, 0.1) is 0 Å². The molecule has 2 N–H and O–H groups in total. The molecule has 0 radical (unpaired) electrons. The average molecular weight is 457 g/mol. The minimum Gasteiger partial charge on any atom is -0.484 e. The highest BCUT2D eigenvalue weighted by molar-refractivity contribution is 6.00. The Morgan fingerprint density at radius 2 is 1.65 bits per heavy atom. The fourth-order valence-corrected chi connectivity index (χ4v) is 3.20. The Bertz CT molecular complexity index is 1270. The van der Waals surface area contributed by atoms with Gasteiger partial charge in [-0.25, -0.2) is 0 Å². The molecule has 0 saturated heterocycles. The third-order valence-corrected chi connectivity index (χ3v) is 5.10. The molecule has 2 amide bonds. The molecule has 8 heteroatoms. The number of nitrogens with one attached hydrogen (secondary N) is 2. The summed E-state index contributed by atoms with van der Waals surface area (Å²) in [6.07, 6.45) is 0. The summed E-state index contributed by atoms with van der Waals surface area (Å²) >= 11 is 0. The number of carbonyl (C=O) groups excluding carboxylic acids is 2. The molecule has 0 aliphatic carbocycles. The molecule has 0 bridgehead atoms. The number of hydrogen-bond acceptors (Lipinski definition) is 6. The van der Waals surface area contributed by atoms with Crippen LogP contribution in [0.1, 0.15) is 28.7 Å². The summed E-state index contributed by atoms with van der Waals surface area (Å²) in [6.45, 7) is 3.73. The largest absolute Gasteiger partial charge is 0.484 e. The first-order chi connectivity index (χ1) is 16.5. The van der Waals surface area contributed by atoms with Gasteiger partial charge in [-0.1, -0.05) is 36.4 Å². The van der Waals surface area contributed by atoms with Crippen LogP contribution in [-0.4, -0.2) is 28.1 Å². The third-order valence-electron chi connectivity index (χ3n) is 5.10. The van der Waals surface area contributed by atoms with Gasteiger partial charge in [0, 0.05) is 16.8 Å². The zero-order chi connectivity index (χ0) is 23.9. The fourth-order valence-electron chi connectivity index (χ4n) is 3.20. The molecule has 0 unspecified atom stereocenters. The summed E-state index contributed by atoms with van der Waals surface area (Å²) < 4.78 is 11.4. The SMILES string of the molecule is Cc1ccccc1-c1nnc(COc2ccc(NC(=O)[C@H](C)NC(=O)c3ccccc3)cc2)o1. The molecule has 1 aromatic heterocycles. The predicted molar refractivity (Wildman–Crippen MR) is 127 cm³/mol. The van der Waals surface area contributed by atoms with Gasteiger partial charge in [0.25, 0.3) is 11.8 Å². The maximum atomic E-state index is 12.4. The van der Waals surface area contributed by atoms with Gasteiger partial charge < -0.3 is 19.8 Å². The van der Waals surface area contributed by atoms with Crippen molar-refractivity contribution in [2.24, 2.45) is 0 Å². The molecule has 4 aromatic rings. The van der Waals surface area contributed by atoms with E-state index in [0.29, 0.717) is 28.8 Å². The van der Waals surface area contributed by atoms with Crippen molar-refractivity contribution in [1.82, 2.24) is 15.5 Å². The zero-order valence-corrected chi connectivity index (χ0v) is 18.8. The van der Waals surface area contributed by atoms with E-state index >= 15 is 0 Å². The second-order valence-electron chi connectivity index (χ2n) is 7.68. The lowest BCUT2D eigenvalue weighted by Gasteiger charge is -2.14. The Morgan fingerprint density at radius 3 is 2.38 bits per heavy atom. The van der Waals surface area contributed by atoms with Crippen LogP contribution in [0.15, 0.2) is 83.3 Å². The highest BCUT2D eigenvalue weighted by atomic mass is 16.5. The second-order valence-corrected chi connectivity index (χ2v) is 7.68. The van der Waals surface area contributed by atoms with Crippen LogP contribution >= 0.6 is 0 Å². The first-order valence-electron chi connectivity index (χ1n) is 10.8. The van der Waals surface area contributed by atoms with Crippen molar-refractivity contribution in [2.75, 3.05) is 5.32 Å². The Labute approximate surface area is 197 Å². The molecule has 1 heterocycles. The lowest BCUT2D eigenvalue weighted by Crippen LogP contribution is -2.41. The summed E-state index contributed by atoms with van der Waals surface area (Å²) in [5.74, 6) is 0.757. The summed E-state index contributed by atoms with van der Waals surface area (Å²) in [5.41, 5.74) is 3.01. The average Bonchev–Trinajstić information content (AvgIpc) is 3.33. The number of anilines is 1. The molecule has 0 aliphatic heterocycles. The summed E-state index contributed by atoms with van der Waals surface area (Å²) in [7, 11) is 0. The zero-order valence-electron chi connectivity index (χ0n) is 18.8. The maximum Gasteiger partial charge on any atom is 0.254 e. The molecule has 0 spiro atoms. The number of amides is 2. The van der Waals surface area contributed by atoms with E-state index in [4.69, 9.17) is 9.15 Å². The number of nitrogens with zero attached hydrogens (tertiary/aromatic N) is 2. The lowest BCUT2D eigenvalue weighted by molar-refractivity contribution is -0.117. The van der Waals surface area contributed by atoms with Crippen LogP contribution in [0.2, 0.25) is 0 Å². The van der Waals surface area contributed by atoms with Crippen molar-refractivity contribution in [2.45, 2.75) is 26.5 Å². The quantitative estimate of drug-likeness (QED) is 0.408. The lowest BCUT2D eigenvalue weighted by atomic mass is 10.1. The molecule has 0 fully saturated rings. The molecule has 0 saturated carbocycles. The van der Waals surface area contributed by atoms with Crippen LogP contribution in [0.5, 0.6) is 5.75 Å². The first-order valence-corrected chi connectivity index (χ1v) is 10.8. The number of hydrogen-bond donors (Lipinski definition) is 2. The molecule has 34 heavy (non-hydrogen) atoms. The number of rotatable bonds is 8. The van der Waals surface area contributed by atoms with Gasteiger partial charge in [-0.3, -0.25) is 9.59 Å². The van der Waals surface area contributed by atoms with Gasteiger partial charge in [0.15, 0.2) is 6.61 Å². The number of carbonyl (C=O) groups is 2. The maximum absolute atomic E-state index is 12.4. The number of aryl methyl sites for hydroxylation is 1. The normalized spacial score (nSPS) is 11.5. The van der Waals surface area contributed by atoms with Crippen LogP contribution in [0, 0.1) is 6.92 Å². The fraction of sp³-hybridized carbons (Fsp3) is 0.154. The molecule has 4 rings (SSSR count). The van der Waals surface area contributed by atoms with E-state index in [9.17, 15) is 9.59 Å². The number of ether oxygens (including phenoxy) is 1. The molecule has 172 valence electrons. The second kappa shape index (κ2) is 10.4. The summed E-state index contributed by atoms with van der Waals surface area (Å²) in [6, 6.07) is 22.7. The molecule has 3 aromatic carbocycles. The third kappa shape index (κ3) is 5.66. The van der Waals surface area contributed by atoms with Gasteiger partial charge in [0.2, 0.25) is 11.8 Å².